The summed E-state index contributed by atoms with van der Waals surface area (Å²) >= 11 is 1.43. The Labute approximate surface area is 204 Å². The number of hydrogen-bond donors (Lipinski definition) is 0. The van der Waals surface area contributed by atoms with Crippen molar-refractivity contribution in [2.24, 2.45) is 0 Å². The number of amides is 1. The second-order valence-electron chi connectivity index (χ2n) is 7.51. The molecule has 0 atom stereocenters. The van der Waals surface area contributed by atoms with Crippen LogP contribution >= 0.6 is 23.7 Å². The van der Waals surface area contributed by atoms with Gasteiger partial charge in [-0.05, 0) is 55.9 Å². The third-order valence-corrected chi connectivity index (χ3v) is 8.21. The van der Waals surface area contributed by atoms with E-state index >= 15 is 0 Å². The van der Waals surface area contributed by atoms with Gasteiger partial charge in [-0.3, -0.25) is 9.69 Å². The van der Waals surface area contributed by atoms with E-state index in [4.69, 9.17) is 0 Å². The fourth-order valence-electron chi connectivity index (χ4n) is 3.41. The number of aromatic nitrogens is 1. The van der Waals surface area contributed by atoms with Crippen molar-refractivity contribution in [2.75, 3.05) is 36.8 Å². The Balaban J connectivity index is 0.00000385. The molecule has 3 rings (SSSR count). The van der Waals surface area contributed by atoms with Crippen LogP contribution in [0, 0.1) is 12.7 Å². The van der Waals surface area contributed by atoms with E-state index < -0.39 is 15.7 Å². The maximum absolute atomic E-state index is 13.2. The Morgan fingerprint density at radius 1 is 1.06 bits per heavy atom. The van der Waals surface area contributed by atoms with E-state index in [1.54, 1.807) is 4.90 Å². The maximum atomic E-state index is 13.2. The molecule has 0 N–H and O–H groups in total. The molecule has 1 aromatic heterocycles. The average Bonchev–Trinajstić information content (AvgIpc) is 3.21. The minimum Gasteiger partial charge on any atom is -0.302 e. The number of hydrogen-bond acceptors (Lipinski definition) is 6. The topological polar surface area (TPSA) is 70.6 Å². The highest BCUT2D eigenvalue weighted by Gasteiger charge is 2.24. The molecule has 2 aromatic carbocycles. The number of anilines is 1. The molecule has 33 heavy (non-hydrogen) atoms. The lowest BCUT2D eigenvalue weighted by Gasteiger charge is -2.24. The van der Waals surface area contributed by atoms with E-state index in [0.717, 1.165) is 41.0 Å². The number of sulfone groups is 1. The Bertz CT molecular complexity index is 1180. The first-order valence-corrected chi connectivity index (χ1v) is 13.1. The molecule has 1 amide bonds. The van der Waals surface area contributed by atoms with Gasteiger partial charge in [0.25, 0.3) is 0 Å². The quantitative estimate of drug-likeness (QED) is 0.367. The van der Waals surface area contributed by atoms with Gasteiger partial charge in [0.05, 0.1) is 20.9 Å². The number of halogens is 2. The first-order valence-electron chi connectivity index (χ1n) is 10.6. The van der Waals surface area contributed by atoms with Crippen LogP contribution < -0.4 is 4.90 Å². The molecule has 1 heterocycles. The van der Waals surface area contributed by atoms with Crippen LogP contribution in [0.4, 0.5) is 9.52 Å². The predicted molar refractivity (Wildman–Crippen MR) is 135 cm³/mol. The number of para-hydroxylation sites is 1. The van der Waals surface area contributed by atoms with Gasteiger partial charge < -0.3 is 4.90 Å². The molecule has 0 aliphatic rings. The molecule has 0 saturated heterocycles. The number of benzene rings is 2. The van der Waals surface area contributed by atoms with E-state index in [1.165, 1.54) is 23.5 Å². The number of nitrogens with zero attached hydrogens (tertiary/aromatic N) is 3. The Morgan fingerprint density at radius 3 is 2.33 bits per heavy atom. The zero-order valence-corrected chi connectivity index (χ0v) is 21.4. The minimum atomic E-state index is -3.70. The van der Waals surface area contributed by atoms with E-state index in [2.05, 4.69) is 23.7 Å². The molecule has 0 fully saturated rings. The number of carbonyl (C=O) groups is 1. The first kappa shape index (κ1) is 27.2. The van der Waals surface area contributed by atoms with Gasteiger partial charge in [0, 0.05) is 19.5 Å². The van der Waals surface area contributed by atoms with Crippen molar-refractivity contribution in [3.8, 4) is 0 Å². The number of rotatable bonds is 10. The van der Waals surface area contributed by atoms with Gasteiger partial charge in [-0.2, -0.15) is 0 Å². The monoisotopic (exact) mass is 513 g/mol. The van der Waals surface area contributed by atoms with Crippen molar-refractivity contribution >= 4 is 54.8 Å². The molecule has 0 unspecified atom stereocenters. The number of aryl methyl sites for hydroxylation is 1. The van der Waals surface area contributed by atoms with Crippen LogP contribution in [-0.4, -0.2) is 56.1 Å². The molecule has 6 nitrogen and oxygen atoms in total. The summed E-state index contributed by atoms with van der Waals surface area (Å²) in [6.07, 6.45) is -0.174. The highest BCUT2D eigenvalue weighted by molar-refractivity contribution is 7.91. The number of fused-ring (bicyclic) bond motifs is 1. The smallest absolute Gasteiger partial charge is 0.229 e. The van der Waals surface area contributed by atoms with Crippen LogP contribution in [0.25, 0.3) is 10.2 Å². The fourth-order valence-corrected chi connectivity index (χ4v) is 5.73. The van der Waals surface area contributed by atoms with Gasteiger partial charge in [0.15, 0.2) is 15.0 Å². The van der Waals surface area contributed by atoms with Gasteiger partial charge in [-0.15, -0.1) is 12.4 Å². The van der Waals surface area contributed by atoms with Crippen LogP contribution in [-0.2, 0) is 14.6 Å². The van der Waals surface area contributed by atoms with Gasteiger partial charge in [-0.1, -0.05) is 37.3 Å². The van der Waals surface area contributed by atoms with Crippen LogP contribution in [0.3, 0.4) is 0 Å². The molecule has 0 saturated carbocycles. The van der Waals surface area contributed by atoms with E-state index in [1.807, 2.05) is 25.1 Å². The number of carbonyl (C=O) groups excluding carboxylic acids is 1. The normalized spacial score (nSPS) is 11.5. The molecular weight excluding hydrogens is 485 g/mol. The Morgan fingerprint density at radius 2 is 1.73 bits per heavy atom. The largest absolute Gasteiger partial charge is 0.302 e. The number of likely N-dealkylation sites (N-methyl/N-ethyl adjacent to an activating group) is 1. The zero-order valence-electron chi connectivity index (χ0n) is 19.0. The predicted octanol–water partition coefficient (Wildman–Crippen LogP) is 4.70. The lowest BCUT2D eigenvalue weighted by molar-refractivity contribution is -0.118. The Hall–Kier alpha value is -2.07. The van der Waals surface area contributed by atoms with Crippen molar-refractivity contribution in [1.82, 2.24) is 9.88 Å². The van der Waals surface area contributed by atoms with E-state index in [-0.39, 0.29) is 35.4 Å². The highest BCUT2D eigenvalue weighted by Crippen LogP contribution is 2.31. The summed E-state index contributed by atoms with van der Waals surface area (Å²) < 4.78 is 39.4. The molecule has 3 aromatic rings. The summed E-state index contributed by atoms with van der Waals surface area (Å²) in [5.41, 5.74) is 1.88. The summed E-state index contributed by atoms with van der Waals surface area (Å²) in [5.74, 6) is -1.14. The first-order chi connectivity index (χ1) is 15.2. The summed E-state index contributed by atoms with van der Waals surface area (Å²) in [6.45, 7) is 8.91. The standard InChI is InChI=1S/C23H28FN3O3S2.ClH/c1-4-26(5-2)14-15-27(23-25-22-17(3)7-6-8-20(22)31-23)21(28)13-16-32(29,30)19-11-9-18(24)10-12-19;/h6-12H,4-5,13-16H2,1-3H3;1H. The van der Waals surface area contributed by atoms with Crippen LogP contribution in [0.2, 0.25) is 0 Å². The third kappa shape index (κ3) is 6.72. The minimum absolute atomic E-state index is 0. The highest BCUT2D eigenvalue weighted by atomic mass is 35.5. The summed E-state index contributed by atoms with van der Waals surface area (Å²) in [7, 11) is -3.70. The van der Waals surface area contributed by atoms with Crippen molar-refractivity contribution in [3.05, 3.63) is 53.8 Å². The average molecular weight is 514 g/mol. The van der Waals surface area contributed by atoms with Gasteiger partial charge in [0.2, 0.25) is 5.91 Å². The summed E-state index contributed by atoms with van der Waals surface area (Å²) in [5, 5.41) is 0.575. The van der Waals surface area contributed by atoms with Crippen molar-refractivity contribution < 1.29 is 17.6 Å². The van der Waals surface area contributed by atoms with Crippen molar-refractivity contribution in [3.63, 3.8) is 0 Å². The molecule has 0 bridgehead atoms. The Kier molecular flexibility index (Phi) is 9.78. The third-order valence-electron chi connectivity index (χ3n) is 5.43. The second kappa shape index (κ2) is 11.9. The van der Waals surface area contributed by atoms with Crippen molar-refractivity contribution in [1.29, 1.82) is 0 Å². The fraction of sp³-hybridized carbons (Fsp3) is 0.391. The van der Waals surface area contributed by atoms with E-state index in [9.17, 15) is 17.6 Å². The van der Waals surface area contributed by atoms with Gasteiger partial charge >= 0.3 is 0 Å². The number of thiazole rings is 1. The van der Waals surface area contributed by atoms with Crippen LogP contribution in [0.1, 0.15) is 25.8 Å². The molecule has 0 aliphatic carbocycles. The second-order valence-corrected chi connectivity index (χ2v) is 10.6. The maximum Gasteiger partial charge on any atom is 0.229 e. The molecule has 0 spiro atoms. The van der Waals surface area contributed by atoms with Gasteiger partial charge in [-0.25, -0.2) is 17.8 Å². The molecule has 0 aliphatic heterocycles. The van der Waals surface area contributed by atoms with Crippen LogP contribution in [0.15, 0.2) is 47.4 Å². The zero-order chi connectivity index (χ0) is 23.3. The molecular formula is C23H29ClFN3O3S2. The lowest BCUT2D eigenvalue weighted by Crippen LogP contribution is -2.39. The van der Waals surface area contributed by atoms with Gasteiger partial charge in [0.1, 0.15) is 5.82 Å². The summed E-state index contributed by atoms with van der Waals surface area (Å²) in [6, 6.07) is 10.6. The molecule has 0 radical (unpaired) electrons. The lowest BCUT2D eigenvalue weighted by atomic mass is 10.2. The van der Waals surface area contributed by atoms with E-state index in [0.29, 0.717) is 18.2 Å². The summed E-state index contributed by atoms with van der Waals surface area (Å²) in [4.78, 5) is 21.7. The SMILES string of the molecule is CCN(CC)CCN(C(=O)CCS(=O)(=O)c1ccc(F)cc1)c1nc2c(C)cccc2s1.Cl. The molecule has 180 valence electrons. The molecule has 10 heteroatoms. The van der Waals surface area contributed by atoms with Crippen LogP contribution in [0.5, 0.6) is 0 Å². The van der Waals surface area contributed by atoms with Crippen molar-refractivity contribution in [2.45, 2.75) is 32.1 Å².